The van der Waals surface area contributed by atoms with E-state index in [0.717, 1.165) is 11.8 Å². The first-order valence-corrected chi connectivity index (χ1v) is 10.9. The number of carbonyl (C=O) groups is 2. The van der Waals surface area contributed by atoms with Gasteiger partial charge in [0, 0.05) is 0 Å². The van der Waals surface area contributed by atoms with Crippen molar-refractivity contribution < 1.29 is 33.5 Å². The molecule has 1 atom stereocenters. The number of hydrazone groups is 1. The maximum atomic E-state index is 12.8. The van der Waals surface area contributed by atoms with Crippen LogP contribution in [0.3, 0.4) is 0 Å². The van der Waals surface area contributed by atoms with Gasteiger partial charge in [0.2, 0.25) is 0 Å². The van der Waals surface area contributed by atoms with E-state index in [-0.39, 0.29) is 36.0 Å². The van der Waals surface area contributed by atoms with Crippen LogP contribution in [0.15, 0.2) is 47.6 Å². The van der Waals surface area contributed by atoms with Crippen molar-refractivity contribution in [3.63, 3.8) is 0 Å². The van der Waals surface area contributed by atoms with Gasteiger partial charge in [-0.05, 0) is 32.4 Å². The number of hydrogen-bond donors (Lipinski definition) is 2. The minimum Gasteiger partial charge on any atom is -0.493 e. The molecule has 0 aliphatic heterocycles. The maximum absolute atomic E-state index is 12.8. The zero-order chi connectivity index (χ0) is 26.7. The Hall–Kier alpha value is -4.19. The fraction of sp³-hybridized carbons (Fsp3) is 0.375. The summed E-state index contributed by atoms with van der Waals surface area (Å²) in [6, 6.07) is 10.7. The number of amides is 2. The highest BCUT2D eigenvalue weighted by Crippen LogP contribution is 2.33. The molecule has 2 aromatic carbocycles. The molecule has 36 heavy (non-hydrogen) atoms. The van der Waals surface area contributed by atoms with Gasteiger partial charge in [-0.1, -0.05) is 30.3 Å². The molecule has 0 fully saturated rings. The molecule has 194 valence electrons. The Bertz CT molecular complexity index is 1080. The number of carbonyl (C=O) groups excluding carboxylic acids is 2. The standard InChI is InChI=1S/C24H30N4O8/c1-24(2,3)36-23(30)26-18(15-35-14-16-9-7-6-8-10-16)22(29)27-25-13-17-11-20(33-4)21(34-5)12-19(17)28(31)32/h6-13,18H,14-15H2,1-5H3,(H,26,30)(H,27,29)/b25-13-/t18-/m0/s1. The summed E-state index contributed by atoms with van der Waals surface area (Å²) >= 11 is 0. The van der Waals surface area contributed by atoms with Gasteiger partial charge in [-0.2, -0.15) is 5.10 Å². The van der Waals surface area contributed by atoms with E-state index >= 15 is 0 Å². The van der Waals surface area contributed by atoms with Crippen molar-refractivity contribution in [1.82, 2.24) is 10.7 Å². The van der Waals surface area contributed by atoms with Gasteiger partial charge in [-0.3, -0.25) is 14.9 Å². The predicted octanol–water partition coefficient (Wildman–Crippen LogP) is 3.17. The average molecular weight is 503 g/mol. The zero-order valence-corrected chi connectivity index (χ0v) is 20.8. The number of nitrogens with zero attached hydrogens (tertiary/aromatic N) is 2. The molecule has 0 radical (unpaired) electrons. The summed E-state index contributed by atoms with van der Waals surface area (Å²) < 4.78 is 21.1. The summed E-state index contributed by atoms with van der Waals surface area (Å²) in [5.74, 6) is -0.300. The number of nitrogens with one attached hydrogen (secondary N) is 2. The fourth-order valence-corrected chi connectivity index (χ4v) is 2.89. The molecule has 2 N–H and O–H groups in total. The van der Waals surface area contributed by atoms with Crippen LogP contribution in [0.4, 0.5) is 10.5 Å². The Morgan fingerprint density at radius 1 is 1.11 bits per heavy atom. The molecule has 12 nitrogen and oxygen atoms in total. The first-order valence-electron chi connectivity index (χ1n) is 10.9. The largest absolute Gasteiger partial charge is 0.493 e. The number of alkyl carbamates (subject to hydrolysis) is 1. The lowest BCUT2D eigenvalue weighted by molar-refractivity contribution is -0.385. The van der Waals surface area contributed by atoms with Gasteiger partial charge in [0.1, 0.15) is 11.6 Å². The second-order valence-corrected chi connectivity index (χ2v) is 8.46. The van der Waals surface area contributed by atoms with Gasteiger partial charge in [-0.25, -0.2) is 10.2 Å². The number of nitro groups is 1. The molecule has 0 bridgehead atoms. The van der Waals surface area contributed by atoms with Crippen molar-refractivity contribution in [1.29, 1.82) is 0 Å². The van der Waals surface area contributed by atoms with Crippen molar-refractivity contribution >= 4 is 23.9 Å². The lowest BCUT2D eigenvalue weighted by Crippen LogP contribution is -2.49. The van der Waals surface area contributed by atoms with Crippen LogP contribution in [0.25, 0.3) is 0 Å². The monoisotopic (exact) mass is 502 g/mol. The lowest BCUT2D eigenvalue weighted by atomic mass is 10.1. The molecule has 2 aromatic rings. The minimum atomic E-state index is -1.15. The predicted molar refractivity (Wildman–Crippen MR) is 131 cm³/mol. The second kappa shape index (κ2) is 13.0. The maximum Gasteiger partial charge on any atom is 0.408 e. The Balaban J connectivity index is 2.14. The van der Waals surface area contributed by atoms with E-state index in [2.05, 4.69) is 15.8 Å². The van der Waals surface area contributed by atoms with Crippen LogP contribution in [0, 0.1) is 10.1 Å². The van der Waals surface area contributed by atoms with Gasteiger partial charge in [0.15, 0.2) is 11.5 Å². The van der Waals surface area contributed by atoms with Crippen LogP contribution in [0.1, 0.15) is 31.9 Å². The molecule has 0 spiro atoms. The van der Waals surface area contributed by atoms with Crippen molar-refractivity contribution in [2.45, 2.75) is 39.0 Å². The molecule has 0 aromatic heterocycles. The van der Waals surface area contributed by atoms with E-state index in [1.54, 1.807) is 20.8 Å². The van der Waals surface area contributed by atoms with Crippen LogP contribution >= 0.6 is 0 Å². The molecular weight excluding hydrogens is 472 g/mol. The molecule has 0 unspecified atom stereocenters. The Kier molecular flexibility index (Phi) is 10.2. The van der Waals surface area contributed by atoms with Crippen molar-refractivity contribution in [2.24, 2.45) is 5.10 Å². The zero-order valence-electron chi connectivity index (χ0n) is 20.8. The van der Waals surface area contributed by atoms with E-state index in [4.69, 9.17) is 18.9 Å². The van der Waals surface area contributed by atoms with Crippen LogP contribution in [-0.2, 0) is 20.9 Å². The highest BCUT2D eigenvalue weighted by molar-refractivity contribution is 5.90. The van der Waals surface area contributed by atoms with E-state index in [9.17, 15) is 19.7 Å². The number of methoxy groups -OCH3 is 2. The quantitative estimate of drug-likeness (QED) is 0.270. The summed E-state index contributed by atoms with van der Waals surface area (Å²) in [5.41, 5.74) is 2.13. The van der Waals surface area contributed by atoms with E-state index in [1.165, 1.54) is 26.4 Å². The Morgan fingerprint density at radius 2 is 1.75 bits per heavy atom. The third-order valence-corrected chi connectivity index (χ3v) is 4.51. The van der Waals surface area contributed by atoms with Crippen molar-refractivity contribution in [2.75, 3.05) is 20.8 Å². The van der Waals surface area contributed by atoms with Crippen LogP contribution in [0.2, 0.25) is 0 Å². The summed E-state index contributed by atoms with van der Waals surface area (Å²) in [5, 5.41) is 17.7. The second-order valence-electron chi connectivity index (χ2n) is 8.46. The molecule has 0 saturated heterocycles. The van der Waals surface area contributed by atoms with E-state index in [0.29, 0.717) is 0 Å². The van der Waals surface area contributed by atoms with E-state index in [1.807, 2.05) is 30.3 Å². The number of hydrogen-bond acceptors (Lipinski definition) is 9. The Morgan fingerprint density at radius 3 is 2.33 bits per heavy atom. The van der Waals surface area contributed by atoms with Gasteiger partial charge >= 0.3 is 6.09 Å². The van der Waals surface area contributed by atoms with Crippen molar-refractivity contribution in [3.8, 4) is 11.5 Å². The Labute approximate surface area is 208 Å². The fourth-order valence-electron chi connectivity index (χ4n) is 2.89. The van der Waals surface area contributed by atoms with Gasteiger partial charge in [0.05, 0.1) is 50.2 Å². The molecular formula is C24H30N4O8. The summed E-state index contributed by atoms with van der Waals surface area (Å²) in [7, 11) is 2.74. The highest BCUT2D eigenvalue weighted by atomic mass is 16.6. The first-order chi connectivity index (χ1) is 17.0. The minimum absolute atomic E-state index is 0.0647. The number of nitro benzene ring substituents is 1. The molecule has 2 rings (SSSR count). The first kappa shape index (κ1) is 28.1. The number of ether oxygens (including phenoxy) is 4. The van der Waals surface area contributed by atoms with Gasteiger partial charge in [0.25, 0.3) is 11.6 Å². The molecule has 0 heterocycles. The molecule has 0 saturated carbocycles. The smallest absolute Gasteiger partial charge is 0.408 e. The van der Waals surface area contributed by atoms with Crippen LogP contribution in [0.5, 0.6) is 11.5 Å². The summed E-state index contributed by atoms with van der Waals surface area (Å²) in [6.45, 7) is 5.10. The SMILES string of the molecule is COc1cc(/C=N\NC(=O)[C@H](COCc2ccccc2)NC(=O)OC(C)(C)C)c([N+](=O)[O-])cc1OC. The molecule has 12 heteroatoms. The van der Waals surface area contributed by atoms with Gasteiger partial charge in [-0.15, -0.1) is 0 Å². The summed E-state index contributed by atoms with van der Waals surface area (Å²) in [6.07, 6.45) is 0.276. The van der Waals surface area contributed by atoms with Crippen molar-refractivity contribution in [3.05, 3.63) is 63.7 Å². The number of rotatable bonds is 11. The van der Waals surface area contributed by atoms with Crippen LogP contribution in [-0.4, -0.2) is 55.6 Å². The van der Waals surface area contributed by atoms with E-state index < -0.39 is 28.6 Å². The third-order valence-electron chi connectivity index (χ3n) is 4.51. The highest BCUT2D eigenvalue weighted by Gasteiger charge is 2.25. The topological polar surface area (TPSA) is 151 Å². The molecule has 2 amide bonds. The molecule has 0 aliphatic rings. The summed E-state index contributed by atoms with van der Waals surface area (Å²) in [4.78, 5) is 35.8. The molecule has 0 aliphatic carbocycles. The average Bonchev–Trinajstić information content (AvgIpc) is 2.82. The van der Waals surface area contributed by atoms with Gasteiger partial charge < -0.3 is 24.3 Å². The van der Waals surface area contributed by atoms with Crippen LogP contribution < -0.4 is 20.2 Å². The lowest BCUT2D eigenvalue weighted by Gasteiger charge is -2.22. The number of benzene rings is 2. The third kappa shape index (κ3) is 8.87. The normalized spacial score (nSPS) is 12.0.